The largest absolute Gasteiger partial charge is 0.624 e. The molecular formula is C21H26N2O4S. The van der Waals surface area contributed by atoms with Crippen LogP contribution in [0.4, 0.5) is 0 Å². The van der Waals surface area contributed by atoms with Gasteiger partial charge in [0.1, 0.15) is 5.75 Å². The Bertz CT molecular complexity index is 922. The number of hydroxylamine groups is 1. The topological polar surface area (TPSA) is 81.5 Å². The highest BCUT2D eigenvalue weighted by Crippen LogP contribution is 2.23. The van der Waals surface area contributed by atoms with Crippen molar-refractivity contribution in [2.45, 2.75) is 49.6 Å². The van der Waals surface area contributed by atoms with Gasteiger partial charge in [0.25, 0.3) is 0 Å². The number of sulfonamides is 1. The number of hydrogen-bond acceptors (Lipinski definition) is 4. The molecule has 150 valence electrons. The van der Waals surface area contributed by atoms with E-state index in [1.807, 2.05) is 6.92 Å². The quantitative estimate of drug-likeness (QED) is 0.348. The predicted molar refractivity (Wildman–Crippen MR) is 109 cm³/mol. The van der Waals surface area contributed by atoms with Crippen LogP contribution in [-0.2, 0) is 10.0 Å². The minimum Gasteiger partial charge on any atom is -0.624 e. The fourth-order valence-corrected chi connectivity index (χ4v) is 4.77. The van der Waals surface area contributed by atoms with Crippen molar-refractivity contribution in [3.8, 4) is 5.75 Å². The smallest absolute Gasteiger partial charge is 0.241 e. The fourth-order valence-electron chi connectivity index (χ4n) is 3.47. The van der Waals surface area contributed by atoms with Crippen LogP contribution in [0.1, 0.15) is 36.8 Å². The van der Waals surface area contributed by atoms with Gasteiger partial charge in [-0.2, -0.15) is 0 Å². The van der Waals surface area contributed by atoms with Crippen molar-refractivity contribution < 1.29 is 17.9 Å². The highest BCUT2D eigenvalue weighted by Gasteiger charge is 2.34. The van der Waals surface area contributed by atoms with Gasteiger partial charge in [0, 0.05) is 12.0 Å². The molecule has 3 rings (SSSR count). The van der Waals surface area contributed by atoms with Crippen molar-refractivity contribution in [2.24, 2.45) is 0 Å². The Morgan fingerprint density at radius 3 is 2.36 bits per heavy atom. The van der Waals surface area contributed by atoms with Crippen LogP contribution in [0, 0.1) is 12.1 Å². The number of nitrogens with one attached hydrogen (secondary N) is 1. The van der Waals surface area contributed by atoms with Crippen molar-refractivity contribution in [3.63, 3.8) is 0 Å². The molecular weight excluding hydrogens is 376 g/mol. The summed E-state index contributed by atoms with van der Waals surface area (Å²) in [4.78, 5) is 0.221. The second-order valence-corrected chi connectivity index (χ2v) is 8.87. The van der Waals surface area contributed by atoms with Crippen molar-refractivity contribution >= 4 is 16.2 Å². The Morgan fingerprint density at radius 2 is 1.71 bits per heavy atom. The maximum atomic E-state index is 12.8. The molecule has 0 aliphatic heterocycles. The first-order valence-corrected chi connectivity index (χ1v) is 10.9. The molecule has 2 aromatic carbocycles. The Labute approximate surface area is 166 Å². The summed E-state index contributed by atoms with van der Waals surface area (Å²) < 4.78 is 34.3. The van der Waals surface area contributed by atoms with Gasteiger partial charge in [0.2, 0.25) is 10.0 Å². The third kappa shape index (κ3) is 4.91. The molecule has 0 aromatic heterocycles. The number of nitrogens with zero attached hydrogens (tertiary/aromatic N) is 1. The first-order chi connectivity index (χ1) is 13.4. The standard InChI is InChI=1S/C21H26N2O4S/c1-16-7-13-19(14-8-16)28(25,26)22-20-5-3-4-6-21(20)23(24)15-17-9-11-18(27-2)12-10-17/h7-15,20-22H,3-6H2,1-2H3/b23-15-/t20-,21-/m1/s1. The molecule has 7 heteroatoms. The average molecular weight is 403 g/mol. The van der Waals surface area contributed by atoms with Crippen molar-refractivity contribution in [3.05, 3.63) is 64.9 Å². The number of rotatable bonds is 6. The van der Waals surface area contributed by atoms with E-state index in [2.05, 4.69) is 4.72 Å². The molecule has 0 spiro atoms. The summed E-state index contributed by atoms with van der Waals surface area (Å²) in [5.74, 6) is 0.719. The molecule has 28 heavy (non-hydrogen) atoms. The van der Waals surface area contributed by atoms with Crippen LogP contribution >= 0.6 is 0 Å². The van der Waals surface area contributed by atoms with Crippen LogP contribution in [0.5, 0.6) is 5.75 Å². The number of ether oxygens (including phenoxy) is 1. The van der Waals surface area contributed by atoms with Crippen LogP contribution in [0.15, 0.2) is 53.4 Å². The lowest BCUT2D eigenvalue weighted by molar-refractivity contribution is -0.504. The van der Waals surface area contributed by atoms with E-state index in [1.54, 1.807) is 55.6 Å². The highest BCUT2D eigenvalue weighted by atomic mass is 32.2. The molecule has 0 unspecified atom stereocenters. The number of benzene rings is 2. The van der Waals surface area contributed by atoms with E-state index in [1.165, 1.54) is 6.21 Å². The number of aryl methyl sites for hydroxylation is 1. The molecule has 2 aromatic rings. The highest BCUT2D eigenvalue weighted by molar-refractivity contribution is 7.89. The zero-order valence-electron chi connectivity index (χ0n) is 16.2. The van der Waals surface area contributed by atoms with Gasteiger partial charge in [-0.1, -0.05) is 24.1 Å². The Morgan fingerprint density at radius 1 is 1.07 bits per heavy atom. The predicted octanol–water partition coefficient (Wildman–Crippen LogP) is 3.22. The Balaban J connectivity index is 1.79. The van der Waals surface area contributed by atoms with Crippen molar-refractivity contribution in [1.82, 2.24) is 4.72 Å². The summed E-state index contributed by atoms with van der Waals surface area (Å²) >= 11 is 0. The maximum absolute atomic E-state index is 12.8. The van der Waals surface area contributed by atoms with Crippen LogP contribution in [0.3, 0.4) is 0 Å². The van der Waals surface area contributed by atoms with Crippen LogP contribution < -0.4 is 9.46 Å². The molecule has 1 saturated carbocycles. The van der Waals surface area contributed by atoms with Gasteiger partial charge in [-0.05, 0) is 56.2 Å². The Kier molecular flexibility index (Phi) is 6.36. The molecule has 1 aliphatic carbocycles. The maximum Gasteiger partial charge on any atom is 0.241 e. The molecule has 0 saturated heterocycles. The normalized spacial score (nSPS) is 20.7. The molecule has 6 nitrogen and oxygen atoms in total. The van der Waals surface area contributed by atoms with E-state index in [4.69, 9.17) is 4.74 Å². The number of hydrogen-bond donors (Lipinski definition) is 1. The van der Waals surface area contributed by atoms with Gasteiger partial charge < -0.3 is 9.94 Å². The molecule has 1 fully saturated rings. The summed E-state index contributed by atoms with van der Waals surface area (Å²) in [6.07, 6.45) is 4.61. The van der Waals surface area contributed by atoms with Crippen molar-refractivity contribution in [1.29, 1.82) is 0 Å². The number of methoxy groups -OCH3 is 1. The first kappa shape index (κ1) is 20.4. The van der Waals surface area contributed by atoms with E-state index >= 15 is 0 Å². The third-order valence-electron chi connectivity index (χ3n) is 5.09. The van der Waals surface area contributed by atoms with E-state index in [0.29, 0.717) is 12.8 Å². The van der Waals surface area contributed by atoms with Crippen LogP contribution in [-0.4, -0.2) is 38.6 Å². The van der Waals surface area contributed by atoms with E-state index < -0.39 is 22.1 Å². The van der Waals surface area contributed by atoms with E-state index in [0.717, 1.165) is 34.5 Å². The van der Waals surface area contributed by atoms with Crippen LogP contribution in [0.25, 0.3) is 0 Å². The second kappa shape index (κ2) is 8.75. The third-order valence-corrected chi connectivity index (χ3v) is 6.59. The molecule has 0 amide bonds. The van der Waals surface area contributed by atoms with Gasteiger partial charge in [0.15, 0.2) is 12.3 Å². The Hall–Kier alpha value is -2.38. The molecule has 2 atom stereocenters. The second-order valence-electron chi connectivity index (χ2n) is 7.15. The van der Waals surface area contributed by atoms with Gasteiger partial charge in [-0.25, -0.2) is 17.9 Å². The lowest BCUT2D eigenvalue weighted by Gasteiger charge is -2.30. The SMILES string of the molecule is COc1ccc(/C=[N+](\[O-])[C@@H]2CCCC[C@H]2NS(=O)(=O)c2ccc(C)cc2)cc1. The minimum atomic E-state index is -3.67. The fraction of sp³-hybridized carbons (Fsp3) is 0.381. The zero-order chi connectivity index (χ0) is 20.1. The van der Waals surface area contributed by atoms with Gasteiger partial charge in [-0.15, -0.1) is 0 Å². The zero-order valence-corrected chi connectivity index (χ0v) is 17.0. The summed E-state index contributed by atoms with van der Waals surface area (Å²) in [7, 11) is -2.08. The molecule has 0 bridgehead atoms. The van der Waals surface area contributed by atoms with Gasteiger partial charge in [0.05, 0.1) is 18.0 Å². The van der Waals surface area contributed by atoms with E-state index in [9.17, 15) is 13.6 Å². The summed E-state index contributed by atoms with van der Waals surface area (Å²) in [6, 6.07) is 13.0. The minimum absolute atomic E-state index is 0.221. The average Bonchev–Trinajstić information content (AvgIpc) is 2.69. The lowest BCUT2D eigenvalue weighted by Crippen LogP contribution is -2.49. The monoisotopic (exact) mass is 402 g/mol. The van der Waals surface area contributed by atoms with Crippen LogP contribution in [0.2, 0.25) is 0 Å². The molecule has 0 heterocycles. The molecule has 1 aliphatic rings. The summed E-state index contributed by atoms with van der Waals surface area (Å²) in [6.45, 7) is 1.91. The summed E-state index contributed by atoms with van der Waals surface area (Å²) in [5.41, 5.74) is 1.75. The van der Waals surface area contributed by atoms with Crippen molar-refractivity contribution in [2.75, 3.05) is 7.11 Å². The summed E-state index contributed by atoms with van der Waals surface area (Å²) in [5, 5.41) is 12.8. The lowest BCUT2D eigenvalue weighted by atomic mass is 9.91. The first-order valence-electron chi connectivity index (χ1n) is 9.42. The molecule has 1 N–H and O–H groups in total. The molecule has 0 radical (unpaired) electrons. The van der Waals surface area contributed by atoms with Gasteiger partial charge in [-0.3, -0.25) is 0 Å². The van der Waals surface area contributed by atoms with Gasteiger partial charge >= 0.3 is 0 Å². The van der Waals surface area contributed by atoms with E-state index in [-0.39, 0.29) is 4.90 Å².